The first-order valence-corrected chi connectivity index (χ1v) is 13.6. The highest BCUT2D eigenvalue weighted by Gasteiger charge is 2.24. The van der Waals surface area contributed by atoms with Gasteiger partial charge >= 0.3 is 0 Å². The standard InChI is InChI=1S/C24H30N4O3S2/c1-17(2)19-7-9-20(10-8-19)26-33(30,31)21-13-22(24-25-18(3)16-32-24)28(14-21)15-23(29)27-11-5-4-6-12-27/h7-10,13-14,16-17,26H,4-6,11-12,15H2,1-3H3. The summed E-state index contributed by atoms with van der Waals surface area (Å²) in [5.74, 6) is 0.368. The van der Waals surface area contributed by atoms with Gasteiger partial charge < -0.3 is 9.47 Å². The van der Waals surface area contributed by atoms with Gasteiger partial charge in [0.2, 0.25) is 5.91 Å². The number of nitrogens with zero attached hydrogens (tertiary/aromatic N) is 3. The number of nitrogens with one attached hydrogen (secondary N) is 1. The highest BCUT2D eigenvalue weighted by atomic mass is 32.2. The number of benzene rings is 1. The van der Waals surface area contributed by atoms with Crippen LogP contribution in [0.1, 0.15) is 50.3 Å². The number of rotatable bonds is 7. The summed E-state index contributed by atoms with van der Waals surface area (Å²) >= 11 is 1.44. The first-order chi connectivity index (χ1) is 15.7. The van der Waals surface area contributed by atoms with Gasteiger partial charge in [0.15, 0.2) is 0 Å². The SMILES string of the molecule is Cc1csc(-c2cc(S(=O)(=O)Nc3ccc(C(C)C)cc3)cn2CC(=O)N2CCCCC2)n1. The molecule has 176 valence electrons. The van der Waals surface area contributed by atoms with Crippen LogP contribution in [0.3, 0.4) is 0 Å². The number of anilines is 1. The summed E-state index contributed by atoms with van der Waals surface area (Å²) in [4.78, 5) is 19.4. The van der Waals surface area contributed by atoms with Crippen molar-refractivity contribution < 1.29 is 13.2 Å². The minimum Gasteiger partial charge on any atom is -0.341 e. The average Bonchev–Trinajstić information content (AvgIpc) is 3.41. The molecule has 3 heterocycles. The number of aromatic nitrogens is 2. The van der Waals surface area contributed by atoms with E-state index < -0.39 is 10.0 Å². The van der Waals surface area contributed by atoms with Crippen molar-refractivity contribution in [3.05, 3.63) is 53.2 Å². The Balaban J connectivity index is 1.62. The van der Waals surface area contributed by atoms with Crippen LogP contribution in [0, 0.1) is 6.92 Å². The number of hydrogen-bond donors (Lipinski definition) is 1. The Morgan fingerprint density at radius 2 is 1.85 bits per heavy atom. The molecule has 0 aliphatic carbocycles. The maximum absolute atomic E-state index is 13.2. The fraction of sp³-hybridized carbons (Fsp3) is 0.417. The maximum atomic E-state index is 13.2. The Morgan fingerprint density at radius 1 is 1.15 bits per heavy atom. The van der Waals surface area contributed by atoms with E-state index in [2.05, 4.69) is 23.6 Å². The molecule has 0 atom stereocenters. The van der Waals surface area contributed by atoms with Crippen molar-refractivity contribution in [2.75, 3.05) is 17.8 Å². The molecule has 1 fully saturated rings. The molecule has 7 nitrogen and oxygen atoms in total. The average molecular weight is 487 g/mol. The van der Waals surface area contributed by atoms with Gasteiger partial charge in [0.05, 0.1) is 5.69 Å². The third-order valence-electron chi connectivity index (χ3n) is 5.86. The van der Waals surface area contributed by atoms with Gasteiger partial charge in [-0.05, 0) is 55.9 Å². The minimum absolute atomic E-state index is 0.000935. The molecule has 0 spiro atoms. The second kappa shape index (κ2) is 9.69. The molecule has 1 N–H and O–H groups in total. The molecule has 0 radical (unpaired) electrons. The smallest absolute Gasteiger partial charge is 0.263 e. The van der Waals surface area contributed by atoms with E-state index in [0.29, 0.717) is 22.3 Å². The summed E-state index contributed by atoms with van der Waals surface area (Å²) < 4.78 is 30.7. The number of aryl methyl sites for hydroxylation is 1. The van der Waals surface area contributed by atoms with Crippen LogP contribution in [0.25, 0.3) is 10.7 Å². The van der Waals surface area contributed by atoms with Crippen molar-refractivity contribution in [3.63, 3.8) is 0 Å². The van der Waals surface area contributed by atoms with Crippen LogP contribution in [0.5, 0.6) is 0 Å². The third-order valence-corrected chi connectivity index (χ3v) is 8.19. The van der Waals surface area contributed by atoms with Gasteiger partial charge in [-0.1, -0.05) is 26.0 Å². The lowest BCUT2D eigenvalue weighted by Gasteiger charge is -2.27. The predicted octanol–water partition coefficient (Wildman–Crippen LogP) is 4.86. The molecule has 1 aromatic carbocycles. The summed E-state index contributed by atoms with van der Waals surface area (Å²) in [5, 5.41) is 2.61. The van der Waals surface area contributed by atoms with E-state index in [-0.39, 0.29) is 17.3 Å². The Morgan fingerprint density at radius 3 is 2.45 bits per heavy atom. The van der Waals surface area contributed by atoms with Crippen molar-refractivity contribution in [1.29, 1.82) is 0 Å². The molecule has 0 bridgehead atoms. The zero-order chi connectivity index (χ0) is 23.6. The highest BCUT2D eigenvalue weighted by molar-refractivity contribution is 7.92. The first-order valence-electron chi connectivity index (χ1n) is 11.3. The van der Waals surface area contributed by atoms with E-state index in [1.54, 1.807) is 29.0 Å². The zero-order valence-corrected chi connectivity index (χ0v) is 20.9. The molecule has 0 saturated carbocycles. The van der Waals surface area contributed by atoms with E-state index in [9.17, 15) is 13.2 Å². The number of likely N-dealkylation sites (tertiary alicyclic amines) is 1. The second-order valence-corrected chi connectivity index (χ2v) is 11.3. The number of carbonyl (C=O) groups is 1. The molecule has 0 unspecified atom stereocenters. The van der Waals surface area contributed by atoms with Crippen LogP contribution < -0.4 is 4.72 Å². The highest BCUT2D eigenvalue weighted by Crippen LogP contribution is 2.29. The Kier molecular flexibility index (Phi) is 6.90. The zero-order valence-electron chi connectivity index (χ0n) is 19.2. The predicted molar refractivity (Wildman–Crippen MR) is 132 cm³/mol. The fourth-order valence-corrected chi connectivity index (χ4v) is 5.88. The normalized spacial score (nSPS) is 14.6. The Hall–Kier alpha value is -2.65. The van der Waals surface area contributed by atoms with Gasteiger partial charge in [0.1, 0.15) is 16.4 Å². The van der Waals surface area contributed by atoms with Crippen molar-refractivity contribution in [2.24, 2.45) is 0 Å². The topological polar surface area (TPSA) is 84.3 Å². The van der Waals surface area contributed by atoms with Gasteiger partial charge in [-0.15, -0.1) is 11.3 Å². The number of thiazole rings is 1. The summed E-state index contributed by atoms with van der Waals surface area (Å²) in [6.07, 6.45) is 4.70. The monoisotopic (exact) mass is 486 g/mol. The van der Waals surface area contributed by atoms with E-state index in [4.69, 9.17) is 0 Å². The molecular weight excluding hydrogens is 456 g/mol. The minimum atomic E-state index is -3.83. The van der Waals surface area contributed by atoms with E-state index >= 15 is 0 Å². The van der Waals surface area contributed by atoms with Crippen LogP contribution in [0.2, 0.25) is 0 Å². The van der Waals surface area contributed by atoms with Crippen molar-refractivity contribution in [3.8, 4) is 10.7 Å². The summed E-state index contributed by atoms with van der Waals surface area (Å²) in [6, 6.07) is 9.00. The van der Waals surface area contributed by atoms with Crippen molar-refractivity contribution in [2.45, 2.75) is 57.4 Å². The molecule has 3 aromatic rings. The fourth-order valence-electron chi connectivity index (χ4n) is 3.95. The molecule has 33 heavy (non-hydrogen) atoms. The Labute approximate surface area is 199 Å². The molecular formula is C24H30N4O3S2. The molecule has 1 aliphatic rings. The van der Waals surface area contributed by atoms with Crippen molar-refractivity contribution in [1.82, 2.24) is 14.5 Å². The summed E-state index contributed by atoms with van der Waals surface area (Å²) in [7, 11) is -3.83. The number of sulfonamides is 1. The van der Waals surface area contributed by atoms with Gasteiger partial charge in [0.25, 0.3) is 10.0 Å². The Bertz CT molecular complexity index is 1220. The molecule has 4 rings (SSSR count). The van der Waals surface area contributed by atoms with Crippen LogP contribution in [-0.4, -0.2) is 41.9 Å². The van der Waals surface area contributed by atoms with E-state index in [1.165, 1.54) is 11.3 Å². The number of piperidine rings is 1. The summed E-state index contributed by atoms with van der Waals surface area (Å²) in [5.41, 5.74) is 3.14. The molecule has 9 heteroatoms. The van der Waals surface area contributed by atoms with Crippen molar-refractivity contribution >= 4 is 33.0 Å². The maximum Gasteiger partial charge on any atom is 0.263 e. The number of carbonyl (C=O) groups excluding carboxylic acids is 1. The summed E-state index contributed by atoms with van der Waals surface area (Å²) in [6.45, 7) is 7.68. The lowest BCUT2D eigenvalue weighted by molar-refractivity contribution is -0.132. The largest absolute Gasteiger partial charge is 0.341 e. The number of hydrogen-bond acceptors (Lipinski definition) is 5. The van der Waals surface area contributed by atoms with Gasteiger partial charge in [0, 0.05) is 36.0 Å². The lowest BCUT2D eigenvalue weighted by atomic mass is 10.0. The van der Waals surface area contributed by atoms with Gasteiger partial charge in [-0.25, -0.2) is 13.4 Å². The third kappa shape index (κ3) is 5.47. The molecule has 1 amide bonds. The number of amides is 1. The van der Waals surface area contributed by atoms with Crippen LogP contribution in [-0.2, 0) is 21.4 Å². The second-order valence-electron chi connectivity index (χ2n) is 8.81. The van der Waals surface area contributed by atoms with Crippen LogP contribution >= 0.6 is 11.3 Å². The van der Waals surface area contributed by atoms with Crippen LogP contribution in [0.15, 0.2) is 46.8 Å². The van der Waals surface area contributed by atoms with Gasteiger partial charge in [-0.3, -0.25) is 9.52 Å². The van der Waals surface area contributed by atoms with Crippen LogP contribution in [0.4, 0.5) is 5.69 Å². The quantitative estimate of drug-likeness (QED) is 0.517. The molecule has 1 saturated heterocycles. The molecule has 1 aliphatic heterocycles. The molecule has 2 aromatic heterocycles. The van der Waals surface area contributed by atoms with E-state index in [1.807, 2.05) is 29.3 Å². The first kappa shape index (κ1) is 23.5. The lowest BCUT2D eigenvalue weighted by Crippen LogP contribution is -2.37. The van der Waals surface area contributed by atoms with E-state index in [0.717, 1.165) is 43.6 Å². The van der Waals surface area contributed by atoms with Gasteiger partial charge in [-0.2, -0.15) is 0 Å².